The summed E-state index contributed by atoms with van der Waals surface area (Å²) in [6.45, 7) is 0. The van der Waals surface area contributed by atoms with Crippen LogP contribution in [0.25, 0.3) is 0 Å². The van der Waals surface area contributed by atoms with Crippen molar-refractivity contribution in [3.05, 3.63) is 29.6 Å². The fourth-order valence-corrected chi connectivity index (χ4v) is 3.71. The zero-order valence-electron chi connectivity index (χ0n) is 8.37. The fourth-order valence-electron chi connectivity index (χ4n) is 2.49. The maximum Gasteiger partial charge on any atom is 0.129 e. The normalized spacial score (nSPS) is 21.9. The summed E-state index contributed by atoms with van der Waals surface area (Å²) in [6, 6.07) is 5.20. The first-order chi connectivity index (χ1) is 7.32. The number of halogens is 1. The predicted molar refractivity (Wildman–Crippen MR) is 62.8 cm³/mol. The molecule has 3 heteroatoms. The Labute approximate surface area is 92.8 Å². The molecule has 1 nitrogen and oxygen atoms in total. The van der Waals surface area contributed by atoms with Gasteiger partial charge in [-0.2, -0.15) is 11.8 Å². The summed E-state index contributed by atoms with van der Waals surface area (Å²) in [5.41, 5.74) is 1.58. The summed E-state index contributed by atoms with van der Waals surface area (Å²) >= 11 is 1.95. The van der Waals surface area contributed by atoms with Crippen LogP contribution in [0.4, 0.5) is 10.1 Å². The van der Waals surface area contributed by atoms with Crippen LogP contribution in [0.15, 0.2) is 23.2 Å². The monoisotopic (exact) mass is 221 g/mol. The molecule has 0 N–H and O–H groups in total. The van der Waals surface area contributed by atoms with Crippen molar-refractivity contribution in [3.8, 4) is 0 Å². The molecule has 0 unspecified atom stereocenters. The van der Waals surface area contributed by atoms with Gasteiger partial charge in [-0.05, 0) is 36.5 Å². The summed E-state index contributed by atoms with van der Waals surface area (Å²) in [5.74, 6) is 2.14. The van der Waals surface area contributed by atoms with Gasteiger partial charge >= 0.3 is 0 Å². The van der Waals surface area contributed by atoms with Gasteiger partial charge in [0.25, 0.3) is 0 Å². The second-order valence-corrected chi connectivity index (χ2v) is 5.39. The Kier molecular flexibility index (Phi) is 2.09. The standard InChI is InChI=1S/C12H12FNS/c13-9-2-1-3-10-11(9)12(8-14-10)4-6-15-7-5-12/h1-3,8H,4-7H2. The van der Waals surface area contributed by atoms with Crippen LogP contribution in [0, 0.1) is 5.82 Å². The Balaban J connectivity index is 2.13. The molecule has 1 fully saturated rings. The number of hydrogen-bond acceptors (Lipinski definition) is 2. The number of aliphatic imine (C=N–C) groups is 1. The Morgan fingerprint density at radius 2 is 2.07 bits per heavy atom. The van der Waals surface area contributed by atoms with E-state index in [0.29, 0.717) is 0 Å². The van der Waals surface area contributed by atoms with Crippen LogP contribution in [0.2, 0.25) is 0 Å². The molecule has 0 bridgehead atoms. The largest absolute Gasteiger partial charge is 0.260 e. The van der Waals surface area contributed by atoms with Crippen molar-refractivity contribution < 1.29 is 4.39 Å². The summed E-state index contributed by atoms with van der Waals surface area (Å²) in [4.78, 5) is 4.36. The van der Waals surface area contributed by atoms with Crippen LogP contribution in [-0.4, -0.2) is 17.7 Å². The first kappa shape index (κ1) is 9.40. The second kappa shape index (κ2) is 3.34. The maximum absolute atomic E-state index is 13.8. The van der Waals surface area contributed by atoms with Gasteiger partial charge in [0.15, 0.2) is 0 Å². The molecule has 0 radical (unpaired) electrons. The van der Waals surface area contributed by atoms with E-state index in [0.717, 1.165) is 35.6 Å². The Hall–Kier alpha value is -0.830. The van der Waals surface area contributed by atoms with Gasteiger partial charge in [-0.25, -0.2) is 4.39 Å². The highest BCUT2D eigenvalue weighted by Crippen LogP contribution is 2.46. The first-order valence-electron chi connectivity index (χ1n) is 5.24. The molecule has 1 spiro atoms. The van der Waals surface area contributed by atoms with Crippen LogP contribution in [0.1, 0.15) is 18.4 Å². The van der Waals surface area contributed by atoms with E-state index in [1.54, 1.807) is 12.1 Å². The molecule has 2 heterocycles. The molecule has 1 saturated heterocycles. The van der Waals surface area contributed by atoms with E-state index < -0.39 is 0 Å². The molecule has 1 aromatic rings. The highest BCUT2D eigenvalue weighted by atomic mass is 32.2. The molecular weight excluding hydrogens is 209 g/mol. The smallest absolute Gasteiger partial charge is 0.129 e. The van der Waals surface area contributed by atoms with Crippen LogP contribution >= 0.6 is 11.8 Å². The van der Waals surface area contributed by atoms with Crippen molar-refractivity contribution in [1.82, 2.24) is 0 Å². The van der Waals surface area contributed by atoms with E-state index in [2.05, 4.69) is 4.99 Å². The average molecular weight is 221 g/mol. The van der Waals surface area contributed by atoms with Gasteiger partial charge < -0.3 is 0 Å². The molecule has 15 heavy (non-hydrogen) atoms. The lowest BCUT2D eigenvalue weighted by atomic mass is 9.77. The summed E-state index contributed by atoms with van der Waals surface area (Å²) in [5, 5.41) is 0. The second-order valence-electron chi connectivity index (χ2n) is 4.16. The maximum atomic E-state index is 13.8. The molecule has 2 aliphatic rings. The third-order valence-electron chi connectivity index (χ3n) is 3.33. The summed E-state index contributed by atoms with van der Waals surface area (Å²) in [6.07, 6.45) is 4.02. The Morgan fingerprint density at radius 3 is 2.87 bits per heavy atom. The molecule has 0 amide bonds. The first-order valence-corrected chi connectivity index (χ1v) is 6.39. The molecule has 0 aliphatic carbocycles. The van der Waals surface area contributed by atoms with Crippen LogP contribution in [0.5, 0.6) is 0 Å². The van der Waals surface area contributed by atoms with E-state index in [1.807, 2.05) is 24.0 Å². The molecule has 2 aliphatic heterocycles. The van der Waals surface area contributed by atoms with Crippen LogP contribution in [-0.2, 0) is 5.41 Å². The number of nitrogens with zero attached hydrogens (tertiary/aromatic N) is 1. The number of hydrogen-bond donors (Lipinski definition) is 0. The van der Waals surface area contributed by atoms with Gasteiger partial charge in [-0.3, -0.25) is 4.99 Å². The minimum absolute atomic E-state index is 0.0862. The molecule has 78 valence electrons. The van der Waals surface area contributed by atoms with Gasteiger partial charge in [0, 0.05) is 17.2 Å². The number of rotatable bonds is 0. The quantitative estimate of drug-likeness (QED) is 0.654. The Bertz CT molecular complexity index is 422. The van der Waals surface area contributed by atoms with Crippen LogP contribution < -0.4 is 0 Å². The summed E-state index contributed by atoms with van der Waals surface area (Å²) in [7, 11) is 0. The van der Waals surface area contributed by atoms with Gasteiger partial charge in [0.05, 0.1) is 5.69 Å². The SMILES string of the molecule is Fc1cccc2c1C1(C=N2)CCSCC1. The van der Waals surface area contributed by atoms with E-state index in [9.17, 15) is 4.39 Å². The minimum atomic E-state index is -0.0913. The molecule has 1 aromatic carbocycles. The van der Waals surface area contributed by atoms with E-state index >= 15 is 0 Å². The van der Waals surface area contributed by atoms with E-state index in [1.165, 1.54) is 0 Å². The topological polar surface area (TPSA) is 12.4 Å². The van der Waals surface area contributed by atoms with Crippen molar-refractivity contribution in [3.63, 3.8) is 0 Å². The molecule has 0 atom stereocenters. The lowest BCUT2D eigenvalue weighted by Crippen LogP contribution is -2.31. The van der Waals surface area contributed by atoms with Crippen molar-refractivity contribution in [2.45, 2.75) is 18.3 Å². The molecular formula is C12H12FNS. The van der Waals surface area contributed by atoms with Crippen LogP contribution in [0.3, 0.4) is 0 Å². The van der Waals surface area contributed by atoms with Crippen molar-refractivity contribution in [1.29, 1.82) is 0 Å². The van der Waals surface area contributed by atoms with E-state index in [-0.39, 0.29) is 11.2 Å². The van der Waals surface area contributed by atoms with E-state index in [4.69, 9.17) is 0 Å². The van der Waals surface area contributed by atoms with Gasteiger partial charge in [0.1, 0.15) is 5.82 Å². The summed E-state index contributed by atoms with van der Waals surface area (Å²) < 4.78 is 13.8. The molecule has 0 saturated carbocycles. The zero-order chi connectivity index (χ0) is 10.3. The highest BCUT2D eigenvalue weighted by Gasteiger charge is 2.39. The fraction of sp³-hybridized carbons (Fsp3) is 0.417. The van der Waals surface area contributed by atoms with Gasteiger partial charge in [0.2, 0.25) is 0 Å². The highest BCUT2D eigenvalue weighted by molar-refractivity contribution is 7.99. The van der Waals surface area contributed by atoms with Gasteiger partial charge in [-0.1, -0.05) is 6.07 Å². The van der Waals surface area contributed by atoms with Crippen molar-refractivity contribution in [2.24, 2.45) is 4.99 Å². The number of benzene rings is 1. The number of fused-ring (bicyclic) bond motifs is 2. The zero-order valence-corrected chi connectivity index (χ0v) is 9.19. The van der Waals surface area contributed by atoms with Crippen molar-refractivity contribution in [2.75, 3.05) is 11.5 Å². The lowest BCUT2D eigenvalue weighted by molar-refractivity contribution is 0.507. The predicted octanol–water partition coefficient (Wildman–Crippen LogP) is 3.31. The molecule has 0 aromatic heterocycles. The third-order valence-corrected chi connectivity index (χ3v) is 4.31. The average Bonchev–Trinajstić information content (AvgIpc) is 2.60. The lowest BCUT2D eigenvalue weighted by Gasteiger charge is -2.31. The third kappa shape index (κ3) is 1.33. The molecule has 3 rings (SSSR count). The van der Waals surface area contributed by atoms with Gasteiger partial charge in [-0.15, -0.1) is 0 Å². The number of thioether (sulfide) groups is 1. The van der Waals surface area contributed by atoms with Crippen molar-refractivity contribution >= 4 is 23.7 Å². The Morgan fingerprint density at radius 1 is 1.27 bits per heavy atom. The minimum Gasteiger partial charge on any atom is -0.260 e.